The predicted molar refractivity (Wildman–Crippen MR) is 156 cm³/mol. The number of rotatable bonds is 10. The Morgan fingerprint density at radius 2 is 1.65 bits per heavy atom. The molecular formula is C34H38F3N3O3. The van der Waals surface area contributed by atoms with E-state index < -0.39 is 17.5 Å². The quantitative estimate of drug-likeness (QED) is 0.237. The highest BCUT2D eigenvalue weighted by Gasteiger charge is 2.69. The van der Waals surface area contributed by atoms with Gasteiger partial charge in [0.25, 0.3) is 5.89 Å². The summed E-state index contributed by atoms with van der Waals surface area (Å²) in [6.45, 7) is 3.91. The van der Waals surface area contributed by atoms with Crippen molar-refractivity contribution >= 4 is 11.6 Å². The molecule has 6 aliphatic carbocycles. The zero-order valence-electron chi connectivity index (χ0n) is 24.8. The molecule has 0 atom stereocenters. The zero-order chi connectivity index (χ0) is 30.1. The van der Waals surface area contributed by atoms with E-state index in [4.69, 9.17) is 9.26 Å². The van der Waals surface area contributed by atoms with Crippen LogP contribution in [0.2, 0.25) is 0 Å². The average Bonchev–Trinajstić information content (AvgIpc) is 3.49. The first kappa shape index (κ1) is 28.4. The Kier molecular flexibility index (Phi) is 6.49. The molecule has 0 radical (unpaired) electrons. The molecule has 6 saturated carbocycles. The summed E-state index contributed by atoms with van der Waals surface area (Å²) < 4.78 is 52.5. The molecule has 3 aromatic rings. The minimum absolute atomic E-state index is 0.0513. The van der Waals surface area contributed by atoms with Crippen molar-refractivity contribution in [2.75, 3.05) is 18.1 Å². The van der Waals surface area contributed by atoms with Crippen LogP contribution in [-0.4, -0.2) is 34.9 Å². The molecule has 9 heteroatoms. The van der Waals surface area contributed by atoms with Gasteiger partial charge in [-0.2, -0.15) is 13.8 Å². The third-order valence-corrected chi connectivity index (χ3v) is 10.7. The number of carbonyl (C=O) groups is 1. The van der Waals surface area contributed by atoms with E-state index >= 15 is 0 Å². The van der Waals surface area contributed by atoms with Crippen molar-refractivity contribution in [2.45, 2.75) is 95.1 Å². The fourth-order valence-corrected chi connectivity index (χ4v) is 8.34. The molecule has 0 N–H and O–H groups in total. The van der Waals surface area contributed by atoms with Crippen molar-refractivity contribution in [2.24, 2.45) is 10.8 Å². The maximum absolute atomic E-state index is 14.4. The third kappa shape index (κ3) is 5.02. The van der Waals surface area contributed by atoms with Gasteiger partial charge >= 0.3 is 5.92 Å². The first-order valence-corrected chi connectivity index (χ1v) is 15.5. The van der Waals surface area contributed by atoms with Gasteiger partial charge in [0, 0.05) is 31.0 Å². The van der Waals surface area contributed by atoms with E-state index in [9.17, 15) is 18.0 Å². The second-order valence-electron chi connectivity index (χ2n) is 13.9. The van der Waals surface area contributed by atoms with Gasteiger partial charge in [-0.1, -0.05) is 29.4 Å². The molecule has 6 fully saturated rings. The molecule has 6 nitrogen and oxygen atoms in total. The number of fused-ring (bicyclic) bond motifs is 3. The van der Waals surface area contributed by atoms with Crippen molar-refractivity contribution in [3.63, 3.8) is 0 Å². The number of nitrogens with zero attached hydrogens (tertiary/aromatic N) is 3. The maximum Gasteiger partial charge on any atom is 0.322 e. The van der Waals surface area contributed by atoms with Crippen molar-refractivity contribution in [3.05, 3.63) is 60.2 Å². The summed E-state index contributed by atoms with van der Waals surface area (Å²) in [4.78, 5) is 20.1. The molecule has 0 aliphatic heterocycles. The van der Waals surface area contributed by atoms with Gasteiger partial charge in [-0.05, 0) is 111 Å². The summed E-state index contributed by atoms with van der Waals surface area (Å²) >= 11 is 0. The molecule has 9 rings (SSSR count). The largest absolute Gasteiger partial charge is 0.494 e. The average molecular weight is 594 g/mol. The fourth-order valence-electron chi connectivity index (χ4n) is 8.34. The van der Waals surface area contributed by atoms with Gasteiger partial charge in [0.05, 0.1) is 6.61 Å². The van der Waals surface area contributed by atoms with Gasteiger partial charge in [-0.15, -0.1) is 0 Å². The highest BCUT2D eigenvalue weighted by Crippen LogP contribution is 2.71. The van der Waals surface area contributed by atoms with Gasteiger partial charge in [-0.3, -0.25) is 4.79 Å². The van der Waals surface area contributed by atoms with Gasteiger partial charge in [0.1, 0.15) is 11.4 Å². The zero-order valence-corrected chi connectivity index (χ0v) is 24.8. The van der Waals surface area contributed by atoms with Crippen molar-refractivity contribution in [1.29, 1.82) is 0 Å². The number of carbonyl (C=O) groups excluding carboxylic acids is 1. The summed E-state index contributed by atoms with van der Waals surface area (Å²) in [6.07, 6.45) is 6.68. The van der Waals surface area contributed by atoms with Gasteiger partial charge < -0.3 is 14.2 Å². The number of benzene rings is 2. The van der Waals surface area contributed by atoms with E-state index in [1.54, 1.807) is 0 Å². The van der Waals surface area contributed by atoms with Crippen LogP contribution < -0.4 is 9.64 Å². The van der Waals surface area contributed by atoms with E-state index in [2.05, 4.69) is 16.2 Å². The van der Waals surface area contributed by atoms with Crippen LogP contribution >= 0.6 is 0 Å². The summed E-state index contributed by atoms with van der Waals surface area (Å²) in [5.41, 5.74) is 1.20. The Bertz CT molecular complexity index is 1490. The molecule has 2 aromatic carbocycles. The second-order valence-corrected chi connectivity index (χ2v) is 13.9. The molecule has 1 amide bonds. The molecule has 4 bridgehead atoms. The van der Waals surface area contributed by atoms with Crippen LogP contribution in [0.5, 0.6) is 5.75 Å². The Morgan fingerprint density at radius 3 is 2.23 bits per heavy atom. The lowest BCUT2D eigenvalue weighted by Gasteiger charge is -2.66. The number of ether oxygens (including phenoxy) is 1. The molecule has 6 aliphatic rings. The monoisotopic (exact) mass is 593 g/mol. The number of hydrogen-bond donors (Lipinski definition) is 0. The van der Waals surface area contributed by atoms with E-state index in [0.29, 0.717) is 44.7 Å². The van der Waals surface area contributed by atoms with E-state index in [1.165, 1.54) is 0 Å². The minimum Gasteiger partial charge on any atom is -0.494 e. The van der Waals surface area contributed by atoms with Crippen molar-refractivity contribution < 1.29 is 27.2 Å². The van der Waals surface area contributed by atoms with Crippen LogP contribution in [0.15, 0.2) is 53.1 Å². The number of aromatic nitrogens is 2. The van der Waals surface area contributed by atoms with E-state index in [0.717, 1.165) is 68.0 Å². The van der Waals surface area contributed by atoms with Gasteiger partial charge in [0.2, 0.25) is 5.91 Å². The smallest absolute Gasteiger partial charge is 0.322 e. The summed E-state index contributed by atoms with van der Waals surface area (Å²) in [7, 11) is 0. The first-order chi connectivity index (χ1) is 20.4. The van der Waals surface area contributed by atoms with E-state index in [-0.39, 0.29) is 22.2 Å². The SMILES string of the molecule is CCOc1ccc(-c2cccc(N(CC34CCC(c5noc(C(C)(F)F)n5)(CC3)CC4)C(=O)CC34CC(F)(C3)C4)c2)cc1. The molecule has 43 heavy (non-hydrogen) atoms. The lowest BCUT2D eigenvalue weighted by atomic mass is 9.41. The van der Waals surface area contributed by atoms with Gasteiger partial charge in [-0.25, -0.2) is 4.39 Å². The first-order valence-electron chi connectivity index (χ1n) is 15.5. The fraction of sp³-hybridized carbons (Fsp3) is 0.559. The third-order valence-electron chi connectivity index (χ3n) is 10.7. The molecule has 1 heterocycles. The number of amides is 1. The van der Waals surface area contributed by atoms with Crippen LogP contribution in [0.3, 0.4) is 0 Å². The summed E-state index contributed by atoms with van der Waals surface area (Å²) in [5, 5.41) is 3.98. The normalized spacial score (nSPS) is 30.8. The lowest BCUT2D eigenvalue weighted by Crippen LogP contribution is -2.65. The van der Waals surface area contributed by atoms with Crippen LogP contribution in [0.25, 0.3) is 11.1 Å². The summed E-state index contributed by atoms with van der Waals surface area (Å²) in [5.74, 6) is -2.55. The van der Waals surface area contributed by atoms with E-state index in [1.807, 2.05) is 54.3 Å². The predicted octanol–water partition coefficient (Wildman–Crippen LogP) is 8.15. The molecule has 0 saturated heterocycles. The van der Waals surface area contributed by atoms with Crippen LogP contribution in [-0.2, 0) is 16.1 Å². The standard InChI is InChI=1S/C34H38F3N3O3/c1-3-42-26-9-7-23(8-10-26)24-5-4-6-25(17-24)40(27(41)18-32-19-34(37,20-32)21-32)22-31-11-14-33(15-12-31,16-13-31)28-38-29(43-39-28)30(2,35)36/h4-10,17H,3,11-16,18-22H2,1-2H3. The molecule has 0 unspecified atom stereocenters. The number of alkyl halides is 3. The Labute approximate surface area is 250 Å². The van der Waals surface area contributed by atoms with Crippen LogP contribution in [0, 0.1) is 10.8 Å². The van der Waals surface area contributed by atoms with Gasteiger partial charge in [0.15, 0.2) is 5.82 Å². The second kappa shape index (κ2) is 9.83. The molecule has 1 aromatic heterocycles. The Balaban J connectivity index is 1.13. The summed E-state index contributed by atoms with van der Waals surface area (Å²) in [6, 6.07) is 16.1. The highest BCUT2D eigenvalue weighted by atomic mass is 19.3. The number of hydrogen-bond acceptors (Lipinski definition) is 5. The molecule has 228 valence electrons. The molecule has 0 spiro atoms. The Morgan fingerprint density at radius 1 is 0.977 bits per heavy atom. The van der Waals surface area contributed by atoms with Crippen molar-refractivity contribution in [3.8, 4) is 16.9 Å². The minimum atomic E-state index is -3.17. The molecular weight excluding hydrogens is 555 g/mol. The number of halogens is 3. The lowest BCUT2D eigenvalue weighted by molar-refractivity contribution is -0.215. The Hall–Kier alpha value is -3.36. The van der Waals surface area contributed by atoms with Crippen LogP contribution in [0.1, 0.15) is 89.8 Å². The topological polar surface area (TPSA) is 68.5 Å². The number of anilines is 1. The maximum atomic E-state index is 14.4. The van der Waals surface area contributed by atoms with Crippen LogP contribution in [0.4, 0.5) is 18.9 Å². The highest BCUT2D eigenvalue weighted by molar-refractivity contribution is 5.95. The van der Waals surface area contributed by atoms with Crippen molar-refractivity contribution in [1.82, 2.24) is 10.1 Å².